The van der Waals surface area contributed by atoms with E-state index in [1.807, 2.05) is 0 Å². The maximum Gasteiger partial charge on any atom is 0.281 e. The minimum Gasteiger partial charge on any atom is -0.295 e. The molecule has 0 bridgehead atoms. The molecule has 0 unspecified atom stereocenters. The van der Waals surface area contributed by atoms with Crippen LogP contribution < -0.4 is 4.72 Å². The Morgan fingerprint density at radius 3 is 2.74 bits per heavy atom. The summed E-state index contributed by atoms with van der Waals surface area (Å²) in [6, 6.07) is 6.34. The second-order valence-electron chi connectivity index (χ2n) is 5.06. The predicted molar refractivity (Wildman–Crippen MR) is 87.6 cm³/mol. The van der Waals surface area contributed by atoms with Gasteiger partial charge in [0.2, 0.25) is 9.99 Å². The van der Waals surface area contributed by atoms with Gasteiger partial charge >= 0.3 is 0 Å². The Morgan fingerprint density at radius 1 is 1.30 bits per heavy atom. The number of sulfonamides is 1. The van der Waals surface area contributed by atoms with E-state index in [0.29, 0.717) is 21.9 Å². The lowest BCUT2D eigenvalue weighted by atomic mass is 10.1. The first-order valence-corrected chi connectivity index (χ1v) is 9.04. The number of nitrogens with zero attached hydrogens (tertiary/aromatic N) is 3. The molecule has 0 fully saturated rings. The van der Waals surface area contributed by atoms with Crippen LogP contribution in [0.4, 0.5) is 5.69 Å². The lowest BCUT2D eigenvalue weighted by molar-refractivity contribution is 0.101. The van der Waals surface area contributed by atoms with E-state index in [9.17, 15) is 13.2 Å². The first-order chi connectivity index (χ1) is 10.8. The zero-order valence-corrected chi connectivity index (χ0v) is 14.3. The van der Waals surface area contributed by atoms with Crippen molar-refractivity contribution in [2.24, 2.45) is 0 Å². The molecule has 2 aromatic heterocycles. The molecule has 9 heteroatoms. The van der Waals surface area contributed by atoms with Gasteiger partial charge in [0.1, 0.15) is 5.01 Å². The number of fused-ring (bicyclic) bond motifs is 1. The normalized spacial score (nSPS) is 11.8. The molecule has 0 radical (unpaired) electrons. The molecule has 23 heavy (non-hydrogen) atoms. The minimum absolute atomic E-state index is 0.00470. The predicted octanol–water partition coefficient (Wildman–Crippen LogP) is 2.41. The first-order valence-electron chi connectivity index (χ1n) is 6.74. The number of carbonyl (C=O) groups excluding carboxylic acids is 1. The average Bonchev–Trinajstić information content (AvgIpc) is 2.92. The summed E-state index contributed by atoms with van der Waals surface area (Å²) in [6.45, 7) is 4.84. The van der Waals surface area contributed by atoms with E-state index in [1.165, 1.54) is 28.8 Å². The fourth-order valence-corrected chi connectivity index (χ4v) is 4.41. The summed E-state index contributed by atoms with van der Waals surface area (Å²) in [4.78, 5) is 16.2. The molecule has 0 atom stereocenters. The number of nitrogens with one attached hydrogen (secondary N) is 1. The van der Waals surface area contributed by atoms with Gasteiger partial charge in [0.05, 0.1) is 5.69 Å². The highest BCUT2D eigenvalue weighted by atomic mass is 32.2. The number of rotatable bonds is 4. The topological polar surface area (TPSA) is 93.4 Å². The van der Waals surface area contributed by atoms with Gasteiger partial charge in [-0.2, -0.15) is 18.0 Å². The fraction of sp³-hybridized carbons (Fsp3) is 0.214. The van der Waals surface area contributed by atoms with Gasteiger partial charge in [0, 0.05) is 11.3 Å². The van der Waals surface area contributed by atoms with Gasteiger partial charge in [-0.1, -0.05) is 23.5 Å². The van der Waals surface area contributed by atoms with Crippen LogP contribution in [0.2, 0.25) is 0 Å². The Balaban J connectivity index is 2.06. The molecular formula is C14H14N4O3S2. The van der Waals surface area contributed by atoms with Crippen LogP contribution in [0.3, 0.4) is 0 Å². The molecule has 0 aliphatic rings. The molecule has 1 aromatic carbocycles. The quantitative estimate of drug-likeness (QED) is 0.729. The van der Waals surface area contributed by atoms with Crippen LogP contribution in [0, 0.1) is 13.8 Å². The van der Waals surface area contributed by atoms with E-state index in [4.69, 9.17) is 0 Å². The molecule has 120 valence electrons. The summed E-state index contributed by atoms with van der Waals surface area (Å²) >= 11 is 1.32. The molecule has 3 aromatic rings. The largest absolute Gasteiger partial charge is 0.295 e. The van der Waals surface area contributed by atoms with Gasteiger partial charge in [0.15, 0.2) is 5.78 Å². The molecule has 0 saturated heterocycles. The standard InChI is InChI=1S/C14H14N4O3S2/c1-8-13(18-14(15-8)22-10(3)16-18)23(20,21)17-12-6-4-5-11(7-12)9(2)19/h4-7,17H,1-3H3. The van der Waals surface area contributed by atoms with Crippen LogP contribution in [0.25, 0.3) is 4.96 Å². The lowest BCUT2D eigenvalue weighted by Crippen LogP contribution is -2.17. The highest BCUT2D eigenvalue weighted by molar-refractivity contribution is 7.92. The Bertz CT molecular complexity index is 1020. The molecule has 0 aliphatic heterocycles. The second-order valence-corrected chi connectivity index (χ2v) is 7.82. The SMILES string of the molecule is CC(=O)c1cccc(NS(=O)(=O)c2c(C)nc3sc(C)nn23)c1. The van der Waals surface area contributed by atoms with Gasteiger partial charge in [-0.15, -0.1) is 0 Å². The van der Waals surface area contributed by atoms with E-state index in [2.05, 4.69) is 14.8 Å². The number of aromatic nitrogens is 3. The van der Waals surface area contributed by atoms with Crippen molar-refractivity contribution in [1.29, 1.82) is 0 Å². The Kier molecular flexibility index (Phi) is 3.69. The van der Waals surface area contributed by atoms with Crippen molar-refractivity contribution in [3.05, 3.63) is 40.5 Å². The van der Waals surface area contributed by atoms with Crippen LogP contribution >= 0.6 is 11.3 Å². The minimum atomic E-state index is -3.87. The number of Topliss-reactive ketones (excluding diaryl/α,β-unsaturated/α-hetero) is 1. The third kappa shape index (κ3) is 2.84. The molecule has 0 spiro atoms. The zero-order valence-electron chi connectivity index (χ0n) is 12.7. The molecule has 3 rings (SSSR count). The highest BCUT2D eigenvalue weighted by Gasteiger charge is 2.25. The third-order valence-corrected chi connectivity index (χ3v) is 5.51. The van der Waals surface area contributed by atoms with Crippen molar-refractivity contribution in [2.75, 3.05) is 4.72 Å². The zero-order chi connectivity index (χ0) is 16.8. The Hall–Kier alpha value is -2.26. The summed E-state index contributed by atoms with van der Waals surface area (Å²) in [6.07, 6.45) is 0. The van der Waals surface area contributed by atoms with E-state index in [1.54, 1.807) is 32.0 Å². The number of aryl methyl sites for hydroxylation is 2. The van der Waals surface area contributed by atoms with Crippen LogP contribution in [0.15, 0.2) is 29.3 Å². The molecule has 0 saturated carbocycles. The average molecular weight is 350 g/mol. The molecule has 2 heterocycles. The number of carbonyl (C=O) groups is 1. The van der Waals surface area contributed by atoms with Crippen LogP contribution in [-0.2, 0) is 10.0 Å². The molecule has 0 aliphatic carbocycles. The van der Waals surface area contributed by atoms with Crippen molar-refractivity contribution in [3.8, 4) is 0 Å². The van der Waals surface area contributed by atoms with Crippen LogP contribution in [0.5, 0.6) is 0 Å². The van der Waals surface area contributed by atoms with Gasteiger partial charge < -0.3 is 0 Å². The number of ketones is 1. The monoisotopic (exact) mass is 350 g/mol. The van der Waals surface area contributed by atoms with E-state index >= 15 is 0 Å². The summed E-state index contributed by atoms with van der Waals surface area (Å²) < 4.78 is 29.2. The van der Waals surface area contributed by atoms with Gasteiger partial charge in [-0.3, -0.25) is 9.52 Å². The Labute approximate surface area is 137 Å². The van der Waals surface area contributed by atoms with Crippen molar-refractivity contribution >= 4 is 37.8 Å². The van der Waals surface area contributed by atoms with E-state index in [0.717, 1.165) is 5.01 Å². The summed E-state index contributed by atoms with van der Waals surface area (Å²) in [7, 11) is -3.87. The van der Waals surface area contributed by atoms with Gasteiger partial charge in [-0.25, -0.2) is 4.98 Å². The number of imidazole rings is 1. The van der Waals surface area contributed by atoms with E-state index < -0.39 is 10.0 Å². The van der Waals surface area contributed by atoms with Gasteiger partial charge in [-0.05, 0) is 32.9 Å². The van der Waals surface area contributed by atoms with E-state index in [-0.39, 0.29) is 10.8 Å². The number of anilines is 1. The van der Waals surface area contributed by atoms with Crippen LogP contribution in [0.1, 0.15) is 28.0 Å². The summed E-state index contributed by atoms with van der Waals surface area (Å²) in [5, 5.41) is 4.92. The van der Waals surface area contributed by atoms with Gasteiger partial charge in [0.25, 0.3) is 10.0 Å². The third-order valence-electron chi connectivity index (χ3n) is 3.20. The summed E-state index contributed by atoms with van der Waals surface area (Å²) in [5.74, 6) is -0.135. The second kappa shape index (κ2) is 5.43. The molecular weight excluding hydrogens is 336 g/mol. The number of hydrogen-bond donors (Lipinski definition) is 1. The molecule has 7 nitrogen and oxygen atoms in total. The molecule has 1 N–H and O–H groups in total. The maximum atomic E-state index is 12.7. The maximum absolute atomic E-state index is 12.7. The van der Waals surface area contributed by atoms with Crippen molar-refractivity contribution in [2.45, 2.75) is 25.8 Å². The molecule has 0 amide bonds. The van der Waals surface area contributed by atoms with Crippen LogP contribution in [-0.4, -0.2) is 28.8 Å². The lowest BCUT2D eigenvalue weighted by Gasteiger charge is -2.08. The smallest absolute Gasteiger partial charge is 0.281 e. The van der Waals surface area contributed by atoms with Crippen molar-refractivity contribution < 1.29 is 13.2 Å². The summed E-state index contributed by atoms with van der Waals surface area (Å²) in [5.41, 5.74) is 1.13. The number of hydrogen-bond acceptors (Lipinski definition) is 6. The first kappa shape index (κ1) is 15.6. The highest BCUT2D eigenvalue weighted by Crippen LogP contribution is 2.24. The number of benzene rings is 1. The van der Waals surface area contributed by atoms with Crippen molar-refractivity contribution in [3.63, 3.8) is 0 Å². The Morgan fingerprint density at radius 2 is 2.04 bits per heavy atom. The van der Waals surface area contributed by atoms with Crippen molar-refractivity contribution in [1.82, 2.24) is 14.6 Å². The fourth-order valence-electron chi connectivity index (χ4n) is 2.24.